The lowest BCUT2D eigenvalue weighted by atomic mass is 10.0. The van der Waals surface area contributed by atoms with Crippen LogP contribution in [0.3, 0.4) is 0 Å². The van der Waals surface area contributed by atoms with Crippen LogP contribution < -0.4 is 16.0 Å². The molecule has 0 saturated heterocycles. The van der Waals surface area contributed by atoms with Gasteiger partial charge in [0.2, 0.25) is 0 Å². The van der Waals surface area contributed by atoms with Crippen molar-refractivity contribution in [2.24, 2.45) is 5.84 Å². The zero-order valence-electron chi connectivity index (χ0n) is 10.9. The normalized spacial score (nSPS) is 12.2. The van der Waals surface area contributed by atoms with Crippen molar-refractivity contribution in [2.75, 3.05) is 7.11 Å². The monoisotopic (exact) mass is 261 g/mol. The van der Waals surface area contributed by atoms with Crippen molar-refractivity contribution in [3.05, 3.63) is 59.2 Å². The molecule has 2 rings (SSSR count). The van der Waals surface area contributed by atoms with Crippen molar-refractivity contribution >= 4 is 0 Å². The number of benzene rings is 1. The maximum Gasteiger partial charge on any atom is 0.132 e. The zero-order valence-corrected chi connectivity index (χ0v) is 10.9. The summed E-state index contributed by atoms with van der Waals surface area (Å²) in [6, 6.07) is 9.72. The average Bonchev–Trinajstić information content (AvgIpc) is 2.41. The van der Waals surface area contributed by atoms with Crippen LogP contribution in [0.15, 0.2) is 36.4 Å². The van der Waals surface area contributed by atoms with Crippen LogP contribution in [0, 0.1) is 12.7 Å². The van der Waals surface area contributed by atoms with E-state index in [4.69, 9.17) is 10.6 Å². The Morgan fingerprint density at radius 1 is 1.32 bits per heavy atom. The van der Waals surface area contributed by atoms with Gasteiger partial charge in [0.25, 0.3) is 0 Å². The minimum atomic E-state index is -0.495. The highest BCUT2D eigenvalue weighted by Crippen LogP contribution is 2.25. The molecule has 0 saturated carbocycles. The van der Waals surface area contributed by atoms with Gasteiger partial charge in [-0.2, -0.15) is 0 Å². The predicted octanol–water partition coefficient (Wildman–Crippen LogP) is 2.09. The number of pyridine rings is 1. The summed E-state index contributed by atoms with van der Waals surface area (Å²) in [4.78, 5) is 4.36. The summed E-state index contributed by atoms with van der Waals surface area (Å²) in [6.07, 6.45) is 0. The molecular formula is C14H16FN3O. The zero-order chi connectivity index (χ0) is 13.8. The number of halogens is 1. The third-order valence-corrected chi connectivity index (χ3v) is 2.89. The van der Waals surface area contributed by atoms with Crippen molar-refractivity contribution in [1.82, 2.24) is 10.4 Å². The van der Waals surface area contributed by atoms with E-state index < -0.39 is 6.04 Å². The highest BCUT2D eigenvalue weighted by molar-refractivity contribution is 5.34. The molecule has 5 heteroatoms. The van der Waals surface area contributed by atoms with E-state index >= 15 is 0 Å². The predicted molar refractivity (Wildman–Crippen MR) is 71.1 cm³/mol. The summed E-state index contributed by atoms with van der Waals surface area (Å²) < 4.78 is 19.0. The van der Waals surface area contributed by atoms with E-state index in [0.717, 1.165) is 5.69 Å². The summed E-state index contributed by atoms with van der Waals surface area (Å²) in [7, 11) is 1.50. The molecule has 2 aromatic rings. The summed E-state index contributed by atoms with van der Waals surface area (Å²) in [5.41, 5.74) is 4.55. The van der Waals surface area contributed by atoms with Gasteiger partial charge in [0.05, 0.1) is 18.8 Å². The first-order chi connectivity index (χ1) is 9.15. The van der Waals surface area contributed by atoms with Crippen LogP contribution in [0.1, 0.15) is 23.0 Å². The number of nitrogens with zero attached hydrogens (tertiary/aromatic N) is 1. The second-order valence-electron chi connectivity index (χ2n) is 4.19. The molecule has 0 radical (unpaired) electrons. The van der Waals surface area contributed by atoms with Crippen molar-refractivity contribution in [3.63, 3.8) is 0 Å². The smallest absolute Gasteiger partial charge is 0.132 e. The lowest BCUT2D eigenvalue weighted by Crippen LogP contribution is -2.30. The molecule has 0 aliphatic carbocycles. The maximum atomic E-state index is 14.1. The van der Waals surface area contributed by atoms with Crippen molar-refractivity contribution < 1.29 is 9.13 Å². The second kappa shape index (κ2) is 5.77. The molecule has 0 bridgehead atoms. The van der Waals surface area contributed by atoms with Crippen LogP contribution in [-0.4, -0.2) is 12.1 Å². The van der Waals surface area contributed by atoms with Gasteiger partial charge in [-0.15, -0.1) is 0 Å². The van der Waals surface area contributed by atoms with Gasteiger partial charge >= 0.3 is 0 Å². The Balaban J connectivity index is 2.42. The molecule has 0 amide bonds. The number of nitrogens with one attached hydrogen (secondary N) is 1. The Kier molecular flexibility index (Phi) is 4.09. The van der Waals surface area contributed by atoms with Gasteiger partial charge in [-0.3, -0.25) is 10.8 Å². The number of hydrogen-bond donors (Lipinski definition) is 2. The standard InChI is InChI=1S/C14H16FN3O/c1-9-4-3-5-13(17-9)14(18-16)11-7-6-10(19-2)8-12(11)15/h3-8,14,18H,16H2,1-2H3. The van der Waals surface area contributed by atoms with E-state index in [1.54, 1.807) is 18.2 Å². The van der Waals surface area contributed by atoms with E-state index in [1.165, 1.54) is 13.2 Å². The first-order valence-electron chi connectivity index (χ1n) is 5.89. The van der Waals surface area contributed by atoms with Crippen LogP contribution in [0.2, 0.25) is 0 Å². The molecule has 0 aliphatic heterocycles. The molecule has 1 unspecified atom stereocenters. The van der Waals surface area contributed by atoms with E-state index in [0.29, 0.717) is 17.0 Å². The minimum absolute atomic E-state index is 0.384. The third kappa shape index (κ3) is 2.89. The van der Waals surface area contributed by atoms with Gasteiger partial charge in [-0.1, -0.05) is 12.1 Å². The van der Waals surface area contributed by atoms with Crippen LogP contribution in [0.4, 0.5) is 4.39 Å². The Hall–Kier alpha value is -1.98. The van der Waals surface area contributed by atoms with E-state index in [9.17, 15) is 4.39 Å². The second-order valence-corrected chi connectivity index (χ2v) is 4.19. The van der Waals surface area contributed by atoms with Crippen LogP contribution >= 0.6 is 0 Å². The molecule has 100 valence electrons. The molecule has 0 spiro atoms. The minimum Gasteiger partial charge on any atom is -0.497 e. The summed E-state index contributed by atoms with van der Waals surface area (Å²) in [5.74, 6) is 5.62. The lowest BCUT2D eigenvalue weighted by Gasteiger charge is -2.17. The largest absolute Gasteiger partial charge is 0.497 e. The Labute approximate surface area is 111 Å². The Bertz CT molecular complexity index is 574. The molecule has 0 fully saturated rings. The van der Waals surface area contributed by atoms with Crippen molar-refractivity contribution in [1.29, 1.82) is 0 Å². The maximum absolute atomic E-state index is 14.1. The van der Waals surface area contributed by atoms with E-state index in [2.05, 4.69) is 10.4 Å². The number of hydrazine groups is 1. The van der Waals surface area contributed by atoms with Crippen LogP contribution in [-0.2, 0) is 0 Å². The quantitative estimate of drug-likeness (QED) is 0.653. The SMILES string of the molecule is COc1ccc(C(NN)c2cccc(C)n2)c(F)c1. The van der Waals surface area contributed by atoms with Gasteiger partial charge in [-0.25, -0.2) is 9.82 Å². The molecule has 1 atom stereocenters. The lowest BCUT2D eigenvalue weighted by molar-refractivity contribution is 0.410. The summed E-state index contributed by atoms with van der Waals surface area (Å²) >= 11 is 0. The molecule has 1 aromatic heterocycles. The fraction of sp³-hybridized carbons (Fsp3) is 0.214. The van der Waals surface area contributed by atoms with Gasteiger partial charge in [-0.05, 0) is 25.1 Å². The van der Waals surface area contributed by atoms with E-state index in [-0.39, 0.29) is 5.82 Å². The van der Waals surface area contributed by atoms with Gasteiger partial charge in [0.1, 0.15) is 11.6 Å². The van der Waals surface area contributed by atoms with Crippen LogP contribution in [0.5, 0.6) is 5.75 Å². The summed E-state index contributed by atoms with van der Waals surface area (Å²) in [6.45, 7) is 1.88. The molecule has 19 heavy (non-hydrogen) atoms. The molecule has 1 heterocycles. The molecular weight excluding hydrogens is 245 g/mol. The van der Waals surface area contributed by atoms with Gasteiger partial charge in [0, 0.05) is 17.3 Å². The number of ether oxygens (including phenoxy) is 1. The number of rotatable bonds is 4. The number of aryl methyl sites for hydroxylation is 1. The highest BCUT2D eigenvalue weighted by Gasteiger charge is 2.18. The average molecular weight is 261 g/mol. The highest BCUT2D eigenvalue weighted by atomic mass is 19.1. The van der Waals surface area contributed by atoms with Gasteiger partial charge in [0.15, 0.2) is 0 Å². The Morgan fingerprint density at radius 2 is 2.11 bits per heavy atom. The molecule has 4 nitrogen and oxygen atoms in total. The first-order valence-corrected chi connectivity index (χ1v) is 5.89. The fourth-order valence-corrected chi connectivity index (χ4v) is 1.93. The Morgan fingerprint density at radius 3 is 2.68 bits per heavy atom. The fourth-order valence-electron chi connectivity index (χ4n) is 1.93. The number of nitrogens with two attached hydrogens (primary N) is 1. The molecule has 3 N–H and O–H groups in total. The summed E-state index contributed by atoms with van der Waals surface area (Å²) in [5, 5.41) is 0. The third-order valence-electron chi connectivity index (χ3n) is 2.89. The van der Waals surface area contributed by atoms with Crippen molar-refractivity contribution in [2.45, 2.75) is 13.0 Å². The van der Waals surface area contributed by atoms with Crippen molar-refractivity contribution in [3.8, 4) is 5.75 Å². The number of hydrogen-bond acceptors (Lipinski definition) is 4. The molecule has 0 aliphatic rings. The molecule has 1 aromatic carbocycles. The first kappa shape index (κ1) is 13.5. The van der Waals surface area contributed by atoms with E-state index in [1.807, 2.05) is 19.1 Å². The van der Waals surface area contributed by atoms with Gasteiger partial charge < -0.3 is 4.74 Å². The number of aromatic nitrogens is 1. The topological polar surface area (TPSA) is 60.2 Å². The number of methoxy groups -OCH3 is 1. The van der Waals surface area contributed by atoms with Crippen LogP contribution in [0.25, 0.3) is 0 Å².